The van der Waals surface area contributed by atoms with Crippen LogP contribution in [0, 0.1) is 10.1 Å². The lowest BCUT2D eigenvalue weighted by atomic mass is 9.98. The zero-order valence-corrected chi connectivity index (χ0v) is 10.6. The summed E-state index contributed by atoms with van der Waals surface area (Å²) in [7, 11) is 0. The average molecular weight is 271 g/mol. The molecule has 1 heterocycles. The highest BCUT2D eigenvalue weighted by molar-refractivity contribution is 6.30. The van der Waals surface area contributed by atoms with Crippen LogP contribution in [0.2, 0.25) is 5.02 Å². The highest BCUT2D eigenvalue weighted by Gasteiger charge is 2.34. The first-order valence-electron chi connectivity index (χ1n) is 5.84. The lowest BCUT2D eigenvalue weighted by molar-refractivity contribution is -0.384. The summed E-state index contributed by atoms with van der Waals surface area (Å²) in [5.41, 5.74) is 5.41. The molecule has 0 radical (unpaired) electrons. The molecule has 1 aromatic heterocycles. The molecule has 0 atom stereocenters. The summed E-state index contributed by atoms with van der Waals surface area (Å²) in [4.78, 5) is 14.5. The number of nitro groups is 1. The zero-order valence-electron chi connectivity index (χ0n) is 9.86. The topological polar surface area (TPSA) is 94.1 Å². The van der Waals surface area contributed by atoms with Gasteiger partial charge in [0.05, 0.1) is 15.5 Å². The third-order valence-corrected chi connectivity index (χ3v) is 3.57. The van der Waals surface area contributed by atoms with E-state index in [0.717, 1.165) is 25.7 Å². The van der Waals surface area contributed by atoms with E-state index in [2.05, 4.69) is 10.3 Å². The van der Waals surface area contributed by atoms with Gasteiger partial charge in [0.2, 0.25) is 5.82 Å². The fraction of sp³-hybridized carbons (Fsp3) is 0.545. The first kappa shape index (κ1) is 13.0. The maximum Gasteiger partial charge on any atom is 0.312 e. The van der Waals surface area contributed by atoms with E-state index in [1.165, 1.54) is 12.3 Å². The Kier molecular flexibility index (Phi) is 3.68. The number of rotatable bonds is 4. The average Bonchev–Trinajstić information content (AvgIpc) is 2.80. The van der Waals surface area contributed by atoms with Gasteiger partial charge in [-0.15, -0.1) is 0 Å². The van der Waals surface area contributed by atoms with Crippen molar-refractivity contribution in [1.29, 1.82) is 0 Å². The summed E-state index contributed by atoms with van der Waals surface area (Å²) in [5.74, 6) is 0.247. The van der Waals surface area contributed by atoms with Gasteiger partial charge in [0, 0.05) is 18.8 Å². The quantitative estimate of drug-likeness (QED) is 0.647. The number of nitrogens with two attached hydrogens (primary N) is 1. The number of aromatic nitrogens is 1. The maximum absolute atomic E-state index is 11.0. The van der Waals surface area contributed by atoms with Crippen LogP contribution < -0.4 is 11.1 Å². The molecule has 0 unspecified atom stereocenters. The minimum atomic E-state index is -0.486. The van der Waals surface area contributed by atoms with E-state index in [9.17, 15) is 10.1 Å². The Balaban J connectivity index is 2.30. The van der Waals surface area contributed by atoms with Gasteiger partial charge in [-0.1, -0.05) is 24.4 Å². The summed E-state index contributed by atoms with van der Waals surface area (Å²) in [6.07, 6.45) is 5.36. The maximum atomic E-state index is 11.0. The fourth-order valence-electron chi connectivity index (χ4n) is 2.35. The molecule has 1 saturated carbocycles. The Morgan fingerprint density at radius 2 is 2.22 bits per heavy atom. The number of hydrogen-bond acceptors (Lipinski definition) is 5. The van der Waals surface area contributed by atoms with E-state index in [0.29, 0.717) is 6.54 Å². The fourth-order valence-corrected chi connectivity index (χ4v) is 2.50. The minimum Gasteiger partial charge on any atom is -0.358 e. The number of nitrogens with zero attached hydrogens (tertiary/aromatic N) is 2. The van der Waals surface area contributed by atoms with E-state index < -0.39 is 4.92 Å². The van der Waals surface area contributed by atoms with Crippen molar-refractivity contribution < 1.29 is 4.92 Å². The minimum absolute atomic E-state index is 0.109. The molecular weight excluding hydrogens is 256 g/mol. The molecule has 1 aromatic rings. The van der Waals surface area contributed by atoms with Gasteiger partial charge in [-0.25, -0.2) is 4.98 Å². The van der Waals surface area contributed by atoms with E-state index >= 15 is 0 Å². The second-order valence-corrected chi connectivity index (χ2v) is 5.03. The SMILES string of the molecule is NCC1(Nc2ncc(Cl)cc2[N+](=O)[O-])CCCC1. The van der Waals surface area contributed by atoms with Crippen molar-refractivity contribution in [2.45, 2.75) is 31.2 Å². The molecule has 98 valence electrons. The van der Waals surface area contributed by atoms with Gasteiger partial charge < -0.3 is 11.1 Å². The van der Waals surface area contributed by atoms with Crippen LogP contribution in [0.4, 0.5) is 11.5 Å². The third-order valence-electron chi connectivity index (χ3n) is 3.37. The van der Waals surface area contributed by atoms with Crippen molar-refractivity contribution in [2.75, 3.05) is 11.9 Å². The molecular formula is C11H15ClN4O2. The molecule has 1 aliphatic rings. The van der Waals surface area contributed by atoms with Gasteiger partial charge in [0.15, 0.2) is 0 Å². The van der Waals surface area contributed by atoms with Gasteiger partial charge in [-0.2, -0.15) is 0 Å². The van der Waals surface area contributed by atoms with Crippen molar-refractivity contribution in [2.24, 2.45) is 5.73 Å². The second-order valence-electron chi connectivity index (χ2n) is 4.59. The monoisotopic (exact) mass is 270 g/mol. The van der Waals surface area contributed by atoms with Crippen molar-refractivity contribution in [3.05, 3.63) is 27.4 Å². The van der Waals surface area contributed by atoms with Crippen molar-refractivity contribution in [1.82, 2.24) is 4.98 Å². The number of halogens is 1. The van der Waals surface area contributed by atoms with Gasteiger partial charge in [-0.3, -0.25) is 10.1 Å². The highest BCUT2D eigenvalue weighted by atomic mass is 35.5. The number of pyridine rings is 1. The van der Waals surface area contributed by atoms with Crippen molar-refractivity contribution >= 4 is 23.1 Å². The Hall–Kier alpha value is -1.40. The largest absolute Gasteiger partial charge is 0.358 e. The Morgan fingerprint density at radius 1 is 1.56 bits per heavy atom. The molecule has 0 bridgehead atoms. The third kappa shape index (κ3) is 2.54. The summed E-state index contributed by atoms with van der Waals surface area (Å²) < 4.78 is 0. The summed E-state index contributed by atoms with van der Waals surface area (Å²) in [6, 6.07) is 1.30. The Morgan fingerprint density at radius 3 is 2.78 bits per heavy atom. The molecule has 0 amide bonds. The van der Waals surface area contributed by atoms with Crippen LogP contribution in [0.5, 0.6) is 0 Å². The smallest absolute Gasteiger partial charge is 0.312 e. The molecule has 0 saturated heterocycles. The summed E-state index contributed by atoms with van der Waals surface area (Å²) in [5, 5.41) is 14.4. The predicted molar refractivity (Wildman–Crippen MR) is 69.8 cm³/mol. The molecule has 0 spiro atoms. The van der Waals surface area contributed by atoms with Crippen LogP contribution in [0.1, 0.15) is 25.7 Å². The van der Waals surface area contributed by atoms with Crippen molar-refractivity contribution in [3.63, 3.8) is 0 Å². The van der Waals surface area contributed by atoms with Crippen molar-refractivity contribution in [3.8, 4) is 0 Å². The highest BCUT2D eigenvalue weighted by Crippen LogP contribution is 2.35. The van der Waals surface area contributed by atoms with Crippen LogP contribution in [0.25, 0.3) is 0 Å². The van der Waals surface area contributed by atoms with E-state index in [1.54, 1.807) is 0 Å². The number of hydrogen-bond donors (Lipinski definition) is 2. The Bertz CT molecular complexity index is 460. The standard InChI is InChI=1S/C11H15ClN4O2/c12-8-5-9(16(17)18)10(14-6-8)15-11(7-13)3-1-2-4-11/h5-6H,1-4,7,13H2,(H,14,15). The van der Waals surface area contributed by atoms with Crippen LogP contribution in [0.15, 0.2) is 12.3 Å². The van der Waals surface area contributed by atoms with Crippen LogP contribution in [-0.4, -0.2) is 22.0 Å². The van der Waals surface area contributed by atoms with E-state index in [-0.39, 0.29) is 22.1 Å². The van der Waals surface area contributed by atoms with Gasteiger partial charge in [0.25, 0.3) is 0 Å². The number of nitrogens with one attached hydrogen (secondary N) is 1. The normalized spacial score (nSPS) is 17.7. The van der Waals surface area contributed by atoms with E-state index in [4.69, 9.17) is 17.3 Å². The van der Waals surface area contributed by atoms with Crippen LogP contribution >= 0.6 is 11.6 Å². The Labute approximate surface area is 110 Å². The number of anilines is 1. The van der Waals surface area contributed by atoms with Gasteiger partial charge >= 0.3 is 5.69 Å². The molecule has 18 heavy (non-hydrogen) atoms. The summed E-state index contributed by atoms with van der Waals surface area (Å²) >= 11 is 5.73. The molecule has 1 aliphatic carbocycles. The van der Waals surface area contributed by atoms with Gasteiger partial charge in [-0.05, 0) is 12.8 Å². The van der Waals surface area contributed by atoms with Crippen LogP contribution in [0.3, 0.4) is 0 Å². The second kappa shape index (κ2) is 5.07. The van der Waals surface area contributed by atoms with Crippen LogP contribution in [-0.2, 0) is 0 Å². The molecule has 7 heteroatoms. The molecule has 6 nitrogen and oxygen atoms in total. The van der Waals surface area contributed by atoms with E-state index in [1.807, 2.05) is 0 Å². The molecule has 0 aromatic carbocycles. The lowest BCUT2D eigenvalue weighted by Crippen LogP contribution is -2.43. The lowest BCUT2D eigenvalue weighted by Gasteiger charge is -2.29. The molecule has 1 fully saturated rings. The summed E-state index contributed by atoms with van der Waals surface area (Å²) in [6.45, 7) is 0.439. The first-order chi connectivity index (χ1) is 8.56. The molecule has 3 N–H and O–H groups in total. The zero-order chi connectivity index (χ0) is 13.2. The van der Waals surface area contributed by atoms with Gasteiger partial charge in [0.1, 0.15) is 0 Å². The molecule has 2 rings (SSSR count). The molecule has 0 aliphatic heterocycles. The predicted octanol–water partition coefficient (Wildman–Crippen LogP) is 2.33. The first-order valence-corrected chi connectivity index (χ1v) is 6.22.